The van der Waals surface area contributed by atoms with Crippen molar-refractivity contribution in [1.82, 2.24) is 21.3 Å². The Morgan fingerprint density at radius 2 is 0.366 bits per heavy atom. The molecule has 12 N–H and O–H groups in total. The molecule has 0 aromatic heterocycles. The average Bonchev–Trinajstić information content (AvgIpc) is 0.921. The van der Waals surface area contributed by atoms with Crippen LogP contribution in [0.4, 0.5) is 38.4 Å². The Morgan fingerprint density at radius 3 is 0.509 bits per heavy atom. The van der Waals surface area contributed by atoms with E-state index in [1.54, 1.807) is 28.2 Å². The fraction of sp³-hybridized carbons (Fsp3) is 0.900. The van der Waals surface area contributed by atoms with Crippen LogP contribution in [0.15, 0.2) is 0 Å². The first-order valence-corrected chi connectivity index (χ1v) is 42.4. The van der Waals surface area contributed by atoms with Gasteiger partial charge in [0.15, 0.2) is 0 Å². The normalized spacial score (nSPS) is 12.1. The van der Waals surface area contributed by atoms with Crippen molar-refractivity contribution in [3.63, 3.8) is 0 Å². The first-order valence-electron chi connectivity index (χ1n) is 42.4. The quantitative estimate of drug-likeness (QED) is 0.0207. The fourth-order valence-electron chi connectivity index (χ4n) is 12.5. The standard InChI is InChI=1S/C13H28N2O2.2C12H26N2O2.C11H24N2O2.C10H22N2O2.C9H20N2O2.C7H16N2O2.C6H14N2O2/c1-5-8-10-15(7-3,9-6-2)11-12-17-13(16)14-4;1-5-8-14(7-3,9-6-2)10-11-16-12(15)13-4;1-4-7-9-14(6-3,8-5-2)10-11-16-12(13)15;1-4-7-13(6-3,8-5-2)9-10-15-11(12)14;1-5-12(6-2,7-3)8-9-14-10(13)11-4;1-4-11(5-2,6-3)7-8-13-9(10)12;1-8-7(10)11-6-5-9(2,3)4;1-8(2,3)4-5-10-6(7)9/h5-12H2,1-4H3;5-11H2,1-4H3;4-11H2,1-3H3,(H-,13,15);4-10H2,1-3H3,(H-,12,14);5-9H2,1-4H3;4-8H2,1-3H3,(H-,10,12);5-6H2,1-4H3;4-5H2,1-3H3,(H-,7,9)/p+8. The van der Waals surface area contributed by atoms with Crippen molar-refractivity contribution in [3.05, 3.63) is 0 Å². The summed E-state index contributed by atoms with van der Waals surface area (Å²) in [6.45, 7) is 70.2. The van der Waals surface area contributed by atoms with Crippen LogP contribution in [0.3, 0.4) is 0 Å². The molecule has 112 heavy (non-hydrogen) atoms. The van der Waals surface area contributed by atoms with E-state index in [4.69, 9.17) is 56.1 Å². The highest BCUT2D eigenvalue weighted by Gasteiger charge is 2.28. The van der Waals surface area contributed by atoms with Gasteiger partial charge in [-0.15, -0.1) is 0 Å². The Kier molecular flexibility index (Phi) is 82.6. The molecule has 0 radical (unpaired) electrons. The van der Waals surface area contributed by atoms with Crippen LogP contribution in [0, 0.1) is 0 Å². The number of alkyl carbamates (subject to hydrolysis) is 4. The van der Waals surface area contributed by atoms with Gasteiger partial charge in [-0.3, -0.25) is 0 Å². The molecule has 8 amide bonds. The second kappa shape index (κ2) is 76.2. The SMILES string of the molecule is CCCC[N+](CC)(CCC)CCOC(=O)NC.CCCC[N+](CC)(CCC)CCOC(N)=O.CCC[N+](CC)(CCC)CCOC(=O)NC.CCC[N+](CC)(CCC)CCOC(N)=O.CC[N+](CC)(CC)CCOC(=O)NC.CC[N+](CC)(CC)CCOC(N)=O.CNC(=O)OCC[N+](C)(C)C.C[N+](C)(C)CCOC(N)=O. The van der Waals surface area contributed by atoms with E-state index >= 15 is 0 Å². The number of ether oxygens (including phenoxy) is 8. The van der Waals surface area contributed by atoms with Crippen molar-refractivity contribution in [2.45, 2.75) is 189 Å². The third-order valence-corrected chi connectivity index (χ3v) is 20.5. The van der Waals surface area contributed by atoms with Crippen molar-refractivity contribution in [2.75, 3.05) is 293 Å². The van der Waals surface area contributed by atoms with Gasteiger partial charge < -0.3 is 118 Å². The van der Waals surface area contributed by atoms with Gasteiger partial charge in [-0.25, -0.2) is 38.4 Å². The van der Waals surface area contributed by atoms with Crippen molar-refractivity contribution in [3.8, 4) is 0 Å². The maximum atomic E-state index is 11.0. The number of carbonyl (C=O) groups excluding carboxylic acids is 8. The number of carbonyl (C=O) groups is 8. The molecule has 0 aliphatic carbocycles. The molecule has 2 atom stereocenters. The molecule has 0 aromatic carbocycles. The lowest BCUT2D eigenvalue weighted by atomic mass is 10.2. The van der Waals surface area contributed by atoms with E-state index in [1.165, 1.54) is 77.7 Å². The molecule has 2 unspecified atom stereocenters. The summed E-state index contributed by atoms with van der Waals surface area (Å²) < 4.78 is 46.7. The molecule has 0 bridgehead atoms. The summed E-state index contributed by atoms with van der Waals surface area (Å²) >= 11 is 0. The van der Waals surface area contributed by atoms with Crippen LogP contribution in [0.2, 0.25) is 0 Å². The Labute approximate surface area is 684 Å². The molecule has 0 aromatic rings. The van der Waals surface area contributed by atoms with Gasteiger partial charge in [-0.2, -0.15) is 0 Å². The highest BCUT2D eigenvalue weighted by molar-refractivity contribution is 5.68. The number of amides is 8. The third-order valence-electron chi connectivity index (χ3n) is 20.5. The molecule has 0 spiro atoms. The van der Waals surface area contributed by atoms with Crippen LogP contribution < -0.4 is 44.2 Å². The minimum Gasteiger partial charge on any atom is -0.444 e. The highest BCUT2D eigenvalue weighted by Crippen LogP contribution is 2.15. The zero-order valence-corrected chi connectivity index (χ0v) is 77.5. The van der Waals surface area contributed by atoms with Crippen molar-refractivity contribution < 1.29 is 112 Å². The van der Waals surface area contributed by atoms with Gasteiger partial charge in [-0.05, 0) is 121 Å². The van der Waals surface area contributed by atoms with E-state index in [1.807, 2.05) is 42.3 Å². The smallest absolute Gasteiger partial charge is 0.407 e. The zero-order valence-electron chi connectivity index (χ0n) is 77.5. The molecule has 0 aliphatic rings. The first-order chi connectivity index (χ1) is 52.6. The van der Waals surface area contributed by atoms with Gasteiger partial charge in [0.2, 0.25) is 0 Å². The second-order valence-corrected chi connectivity index (χ2v) is 30.3. The van der Waals surface area contributed by atoms with Gasteiger partial charge in [0.1, 0.15) is 105 Å². The lowest BCUT2D eigenvalue weighted by Gasteiger charge is -2.37. The van der Waals surface area contributed by atoms with E-state index in [-0.39, 0.29) is 24.4 Å². The summed E-state index contributed by atoms with van der Waals surface area (Å²) in [5.41, 5.74) is 19.5. The number of unbranched alkanes of at least 4 members (excludes halogenated alkanes) is 2. The third kappa shape index (κ3) is 74.0. The van der Waals surface area contributed by atoms with Crippen LogP contribution in [-0.2, 0) is 37.9 Å². The van der Waals surface area contributed by atoms with Crippen LogP contribution in [0.25, 0.3) is 0 Å². The molecular weight excluding hydrogens is 1440 g/mol. The maximum Gasteiger partial charge on any atom is 0.407 e. The van der Waals surface area contributed by atoms with Crippen LogP contribution in [0.5, 0.6) is 0 Å². The first kappa shape index (κ1) is 122. The molecule has 32 nitrogen and oxygen atoms in total. The number of quaternary nitrogens is 8. The minimum absolute atomic E-state index is 0.328. The number of nitrogens with zero attached hydrogens (tertiary/aromatic N) is 8. The average molecular weight is 1630 g/mol. The summed E-state index contributed by atoms with van der Waals surface area (Å²) in [7, 11) is 18.5. The Bertz CT molecular complexity index is 2240. The summed E-state index contributed by atoms with van der Waals surface area (Å²) in [5.74, 6) is 0. The van der Waals surface area contributed by atoms with Crippen molar-refractivity contribution in [2.24, 2.45) is 22.9 Å². The Morgan fingerprint density at radius 1 is 0.214 bits per heavy atom. The van der Waals surface area contributed by atoms with E-state index in [0.29, 0.717) is 52.9 Å². The van der Waals surface area contributed by atoms with Gasteiger partial charge in [0, 0.05) is 28.2 Å². The predicted octanol–water partition coefficient (Wildman–Crippen LogP) is 10.3. The fourth-order valence-corrected chi connectivity index (χ4v) is 12.5. The van der Waals surface area contributed by atoms with Gasteiger partial charge >= 0.3 is 48.7 Å². The monoisotopic (exact) mass is 1630 g/mol. The molecule has 672 valence electrons. The van der Waals surface area contributed by atoms with Gasteiger partial charge in [0.25, 0.3) is 0 Å². The number of nitrogens with two attached hydrogens (primary N) is 4. The topological polar surface area (TPSA) is 363 Å². The molecule has 0 fully saturated rings. The summed E-state index contributed by atoms with van der Waals surface area (Å²) in [5, 5.41) is 9.76. The van der Waals surface area contributed by atoms with Crippen molar-refractivity contribution >= 4 is 48.7 Å². The molecule has 0 saturated carbocycles. The number of likely N-dealkylation sites (N-methyl/N-ethyl adjacent to an activating group) is 8. The molecular formula is C80H184N16O16+8. The summed E-state index contributed by atoms with van der Waals surface area (Å²) in [6.07, 6.45) is 7.83. The molecule has 0 heterocycles. The van der Waals surface area contributed by atoms with Crippen LogP contribution in [-0.4, -0.2) is 378 Å². The van der Waals surface area contributed by atoms with Gasteiger partial charge in [-0.1, -0.05) is 68.2 Å². The lowest BCUT2D eigenvalue weighted by molar-refractivity contribution is -0.926. The van der Waals surface area contributed by atoms with E-state index < -0.39 is 24.4 Å². The molecule has 32 heteroatoms. The number of rotatable bonds is 52. The molecule has 0 rings (SSSR count). The van der Waals surface area contributed by atoms with E-state index in [0.717, 1.165) is 193 Å². The largest absolute Gasteiger partial charge is 0.444 e. The number of primary amides is 4. The minimum atomic E-state index is -0.701. The van der Waals surface area contributed by atoms with E-state index in [2.05, 4.69) is 151 Å². The Balaban J connectivity index is -0.000000185. The van der Waals surface area contributed by atoms with Crippen molar-refractivity contribution in [1.29, 1.82) is 0 Å². The molecule has 0 aliphatic heterocycles. The molecule has 0 saturated heterocycles. The number of hydrogen-bond donors (Lipinski definition) is 8. The number of nitrogens with one attached hydrogen (secondary N) is 4. The predicted molar refractivity (Wildman–Crippen MR) is 456 cm³/mol. The second-order valence-electron chi connectivity index (χ2n) is 30.3. The van der Waals surface area contributed by atoms with Crippen LogP contribution in [0.1, 0.15) is 189 Å². The van der Waals surface area contributed by atoms with Gasteiger partial charge in [0.05, 0.1) is 160 Å². The Hall–Kier alpha value is -6.16. The summed E-state index contributed by atoms with van der Waals surface area (Å²) in [4.78, 5) is 84.8. The number of hydrogen-bond acceptors (Lipinski definition) is 16. The maximum absolute atomic E-state index is 11.0. The summed E-state index contributed by atoms with van der Waals surface area (Å²) in [6, 6.07) is 0. The van der Waals surface area contributed by atoms with E-state index in [9.17, 15) is 38.4 Å². The lowest BCUT2D eigenvalue weighted by Crippen LogP contribution is -2.51. The zero-order chi connectivity index (χ0) is 88.2. The highest BCUT2D eigenvalue weighted by atomic mass is 16.6. The van der Waals surface area contributed by atoms with Crippen LogP contribution >= 0.6 is 0 Å².